The number of rotatable bonds is 7. The quantitative estimate of drug-likeness (QED) is 0.287. The molecule has 0 amide bonds. The molecule has 152 valence electrons. The van der Waals surface area contributed by atoms with Gasteiger partial charge < -0.3 is 10.1 Å². The van der Waals surface area contributed by atoms with Gasteiger partial charge in [-0.2, -0.15) is 5.10 Å². The second kappa shape index (κ2) is 9.13. The van der Waals surface area contributed by atoms with E-state index in [9.17, 15) is 0 Å². The van der Waals surface area contributed by atoms with Crippen molar-refractivity contribution in [3.05, 3.63) is 97.7 Å². The monoisotopic (exact) mass is 407 g/mol. The van der Waals surface area contributed by atoms with Crippen LogP contribution >= 0.6 is 0 Å². The van der Waals surface area contributed by atoms with Crippen LogP contribution in [-0.2, 0) is 0 Å². The number of fused-ring (bicyclic) bond motifs is 1. The lowest BCUT2D eigenvalue weighted by Crippen LogP contribution is -2.07. The van der Waals surface area contributed by atoms with Gasteiger partial charge in [-0.1, -0.05) is 36.9 Å². The first kappa shape index (κ1) is 20.2. The largest absolute Gasteiger partial charge is 0.457 e. The Morgan fingerprint density at radius 2 is 2.00 bits per heavy atom. The summed E-state index contributed by atoms with van der Waals surface area (Å²) in [5.41, 5.74) is 4.35. The Kier molecular flexibility index (Phi) is 5.94. The second-order valence-corrected chi connectivity index (χ2v) is 6.84. The minimum Gasteiger partial charge on any atom is -0.457 e. The molecule has 4 aromatic rings. The molecule has 4 rings (SSSR count). The van der Waals surface area contributed by atoms with Crippen LogP contribution in [0.4, 0.5) is 11.5 Å². The van der Waals surface area contributed by atoms with E-state index >= 15 is 0 Å². The Morgan fingerprint density at radius 1 is 1.13 bits per heavy atom. The predicted octanol–water partition coefficient (Wildman–Crippen LogP) is 3.82. The minimum absolute atomic E-state index is 0.710. The molecule has 0 aliphatic carbocycles. The fourth-order valence-electron chi connectivity index (χ4n) is 3.08. The van der Waals surface area contributed by atoms with E-state index in [1.807, 2.05) is 81.7 Å². The molecule has 0 spiro atoms. The lowest BCUT2D eigenvalue weighted by atomic mass is 10.0. The van der Waals surface area contributed by atoms with E-state index in [0.717, 1.165) is 39.6 Å². The van der Waals surface area contributed by atoms with E-state index in [4.69, 9.17) is 9.72 Å². The maximum Gasteiger partial charge on any atom is 0.165 e. The first-order valence-corrected chi connectivity index (χ1v) is 9.94. The van der Waals surface area contributed by atoms with Gasteiger partial charge in [0.2, 0.25) is 0 Å². The topological polar surface area (TPSA) is 64.3 Å². The summed E-state index contributed by atoms with van der Waals surface area (Å²) in [5.74, 6) is 2.16. The van der Waals surface area contributed by atoms with E-state index in [1.165, 1.54) is 0 Å². The highest BCUT2D eigenvalue weighted by Gasteiger charge is 2.14. The van der Waals surface area contributed by atoms with Crippen molar-refractivity contribution in [1.29, 1.82) is 0 Å². The van der Waals surface area contributed by atoms with Crippen molar-refractivity contribution < 1.29 is 4.74 Å². The predicted molar refractivity (Wildman–Crippen MR) is 128 cm³/mol. The number of para-hydroxylation sites is 1. The zero-order chi connectivity index (χ0) is 21.6. The summed E-state index contributed by atoms with van der Waals surface area (Å²) in [7, 11) is 1.96. The first-order chi connectivity index (χ1) is 15.2. The number of pyridine rings is 1. The Labute approximate surface area is 182 Å². The Morgan fingerprint density at radius 3 is 2.77 bits per heavy atom. The van der Waals surface area contributed by atoms with Crippen LogP contribution in [0.3, 0.4) is 0 Å². The number of nitrogens with zero attached hydrogens (tertiary/aromatic N) is 4. The van der Waals surface area contributed by atoms with Gasteiger partial charge in [-0.3, -0.25) is 4.98 Å². The molecule has 0 bridgehead atoms. The van der Waals surface area contributed by atoms with Crippen LogP contribution in [0, 0.1) is 0 Å². The van der Waals surface area contributed by atoms with E-state index in [2.05, 4.69) is 22.0 Å². The van der Waals surface area contributed by atoms with Crippen molar-refractivity contribution in [3.63, 3.8) is 0 Å². The van der Waals surface area contributed by atoms with Crippen LogP contribution in [0.15, 0.2) is 97.7 Å². The normalized spacial score (nSPS) is 11.7. The van der Waals surface area contributed by atoms with Gasteiger partial charge in [0.15, 0.2) is 13.5 Å². The van der Waals surface area contributed by atoms with Crippen molar-refractivity contribution in [2.45, 2.75) is 6.92 Å². The lowest BCUT2D eigenvalue weighted by molar-refractivity contribution is 0.445. The SMILES string of the molecule is Bc1ccc(Nc2ccn3ncc(-c4ccccc4OC(/C=C\C=C)=C/C)c3n2)cn1. The van der Waals surface area contributed by atoms with Crippen molar-refractivity contribution in [1.82, 2.24) is 19.6 Å². The molecule has 0 saturated heterocycles. The first-order valence-electron chi connectivity index (χ1n) is 9.94. The summed E-state index contributed by atoms with van der Waals surface area (Å²) in [5, 5.41) is 7.76. The van der Waals surface area contributed by atoms with Crippen molar-refractivity contribution in [3.8, 4) is 16.9 Å². The summed E-state index contributed by atoms with van der Waals surface area (Å²) in [6.45, 7) is 5.64. The Balaban J connectivity index is 1.71. The van der Waals surface area contributed by atoms with Gasteiger partial charge in [0, 0.05) is 18.0 Å². The van der Waals surface area contributed by atoms with Gasteiger partial charge in [-0.15, -0.1) is 0 Å². The second-order valence-electron chi connectivity index (χ2n) is 6.84. The van der Waals surface area contributed by atoms with Gasteiger partial charge >= 0.3 is 0 Å². The molecule has 0 aliphatic heterocycles. The molecule has 0 saturated carbocycles. The van der Waals surface area contributed by atoms with Gasteiger partial charge in [-0.05, 0) is 48.9 Å². The summed E-state index contributed by atoms with van der Waals surface area (Å²) in [4.78, 5) is 9.10. The zero-order valence-corrected chi connectivity index (χ0v) is 17.5. The minimum atomic E-state index is 0.710. The summed E-state index contributed by atoms with van der Waals surface area (Å²) in [6, 6.07) is 13.7. The van der Waals surface area contributed by atoms with Crippen molar-refractivity contribution in [2.24, 2.45) is 0 Å². The maximum atomic E-state index is 6.14. The molecule has 0 unspecified atom stereocenters. The van der Waals surface area contributed by atoms with Gasteiger partial charge in [0.1, 0.15) is 17.3 Å². The molecular formula is C24H22BN5O. The van der Waals surface area contributed by atoms with E-state index < -0.39 is 0 Å². The third-order valence-electron chi connectivity index (χ3n) is 4.64. The molecular weight excluding hydrogens is 385 g/mol. The van der Waals surface area contributed by atoms with Crippen LogP contribution in [-0.4, -0.2) is 27.4 Å². The van der Waals surface area contributed by atoms with Gasteiger partial charge in [0.25, 0.3) is 0 Å². The smallest absolute Gasteiger partial charge is 0.165 e. The molecule has 3 heterocycles. The van der Waals surface area contributed by atoms with Crippen LogP contribution < -0.4 is 15.6 Å². The number of nitrogens with one attached hydrogen (secondary N) is 1. The van der Waals surface area contributed by atoms with Crippen LogP contribution in [0.2, 0.25) is 0 Å². The Bertz CT molecular complexity index is 1270. The lowest BCUT2D eigenvalue weighted by Gasteiger charge is -2.11. The molecule has 1 N–H and O–H groups in total. The number of hydrogen-bond acceptors (Lipinski definition) is 5. The number of hydrogen-bond donors (Lipinski definition) is 1. The van der Waals surface area contributed by atoms with E-state index in [-0.39, 0.29) is 0 Å². The zero-order valence-electron chi connectivity index (χ0n) is 17.5. The maximum absolute atomic E-state index is 6.14. The molecule has 31 heavy (non-hydrogen) atoms. The third-order valence-corrected chi connectivity index (χ3v) is 4.64. The molecule has 1 aromatic carbocycles. The van der Waals surface area contributed by atoms with E-state index in [1.54, 1.807) is 23.0 Å². The van der Waals surface area contributed by atoms with Crippen molar-refractivity contribution in [2.75, 3.05) is 5.32 Å². The average Bonchev–Trinajstić information content (AvgIpc) is 3.21. The highest BCUT2D eigenvalue weighted by Crippen LogP contribution is 2.33. The number of allylic oxidation sites excluding steroid dienone is 4. The van der Waals surface area contributed by atoms with Gasteiger partial charge in [0.05, 0.1) is 17.4 Å². The molecule has 0 aliphatic rings. The molecule has 7 heteroatoms. The fraction of sp³-hybridized carbons (Fsp3) is 0.0417. The number of ether oxygens (including phenoxy) is 1. The summed E-state index contributed by atoms with van der Waals surface area (Å²) >= 11 is 0. The number of benzene rings is 1. The van der Waals surface area contributed by atoms with Crippen LogP contribution in [0.1, 0.15) is 6.92 Å². The van der Waals surface area contributed by atoms with Gasteiger partial charge in [-0.25, -0.2) is 9.50 Å². The number of anilines is 2. The summed E-state index contributed by atoms with van der Waals surface area (Å²) in [6.07, 6.45) is 12.8. The fourth-order valence-corrected chi connectivity index (χ4v) is 3.08. The highest BCUT2D eigenvalue weighted by atomic mass is 16.5. The summed E-state index contributed by atoms with van der Waals surface area (Å²) < 4.78 is 7.89. The van der Waals surface area contributed by atoms with E-state index in [0.29, 0.717) is 5.82 Å². The van der Waals surface area contributed by atoms with Crippen LogP contribution in [0.5, 0.6) is 5.75 Å². The highest BCUT2D eigenvalue weighted by molar-refractivity contribution is 6.30. The molecule has 6 nitrogen and oxygen atoms in total. The molecule has 3 aromatic heterocycles. The molecule has 0 fully saturated rings. The third kappa shape index (κ3) is 4.56. The molecule has 0 atom stereocenters. The van der Waals surface area contributed by atoms with Crippen molar-refractivity contribution >= 4 is 30.6 Å². The standard InChI is InChI=1S/C24H22BN5O/c1-3-5-8-18(4-2)31-21-10-7-6-9-19(21)20-16-27-30-14-13-23(29-24(20)30)28-17-11-12-22(25)26-15-17/h3-16H,1,25H2,2H3,(H,28,29)/b8-5-,18-4+. The average molecular weight is 407 g/mol. The Hall–Kier alpha value is -4.13. The number of aromatic nitrogens is 4. The van der Waals surface area contributed by atoms with Crippen LogP contribution in [0.25, 0.3) is 16.8 Å². The molecule has 0 radical (unpaired) electrons.